The van der Waals surface area contributed by atoms with Crippen molar-refractivity contribution in [2.24, 2.45) is 0 Å². The molecular weight excluding hydrogens is 148 g/mol. The number of rotatable bonds is 2. The van der Waals surface area contributed by atoms with E-state index in [1.807, 2.05) is 31.3 Å². The second-order valence-corrected chi connectivity index (χ2v) is 2.74. The van der Waals surface area contributed by atoms with Gasteiger partial charge in [0.05, 0.1) is 11.6 Å². The molecule has 1 aromatic carbocycles. The minimum Gasteiger partial charge on any atom is -0.313 e. The molecule has 1 rings (SSSR count). The van der Waals surface area contributed by atoms with E-state index in [0.717, 1.165) is 0 Å². The van der Waals surface area contributed by atoms with Gasteiger partial charge in [0.25, 0.3) is 0 Å². The van der Waals surface area contributed by atoms with Crippen LogP contribution >= 0.6 is 0 Å². The highest BCUT2D eigenvalue weighted by Gasteiger charge is 2.00. The maximum absolute atomic E-state index is 8.56. The van der Waals surface area contributed by atoms with E-state index >= 15 is 0 Å². The van der Waals surface area contributed by atoms with Gasteiger partial charge in [-0.15, -0.1) is 0 Å². The van der Waals surface area contributed by atoms with E-state index in [0.29, 0.717) is 11.6 Å². The van der Waals surface area contributed by atoms with Crippen LogP contribution < -0.4 is 5.32 Å². The van der Waals surface area contributed by atoms with Crippen molar-refractivity contribution >= 4 is 0 Å². The van der Waals surface area contributed by atoms with Crippen molar-refractivity contribution in [2.75, 3.05) is 7.05 Å². The molecule has 0 saturated heterocycles. The van der Waals surface area contributed by atoms with E-state index in [2.05, 4.69) is 18.3 Å². The number of benzene rings is 1. The van der Waals surface area contributed by atoms with Gasteiger partial charge in [-0.05, 0) is 31.7 Å². The lowest BCUT2D eigenvalue weighted by atomic mass is 10.1. The van der Waals surface area contributed by atoms with Crippen LogP contribution in [0.15, 0.2) is 24.3 Å². The number of nitrogens with one attached hydrogen (secondary N) is 1. The van der Waals surface area contributed by atoms with Crippen molar-refractivity contribution in [1.82, 2.24) is 5.32 Å². The fraction of sp³-hybridized carbons (Fsp3) is 0.300. The normalized spacial score (nSPS) is 12.1. The molecule has 1 N–H and O–H groups in total. The highest BCUT2D eigenvalue weighted by molar-refractivity contribution is 5.32. The summed E-state index contributed by atoms with van der Waals surface area (Å²) in [5.41, 5.74) is 1.92. The first kappa shape index (κ1) is 8.76. The van der Waals surface area contributed by atoms with Crippen LogP contribution in [0.3, 0.4) is 0 Å². The first-order valence-corrected chi connectivity index (χ1v) is 3.95. The van der Waals surface area contributed by atoms with Crippen molar-refractivity contribution in [2.45, 2.75) is 13.0 Å². The second-order valence-electron chi connectivity index (χ2n) is 2.74. The Morgan fingerprint density at radius 1 is 1.33 bits per heavy atom. The van der Waals surface area contributed by atoms with Crippen LogP contribution in [0.2, 0.25) is 0 Å². The van der Waals surface area contributed by atoms with E-state index in [4.69, 9.17) is 5.26 Å². The van der Waals surface area contributed by atoms with E-state index in [9.17, 15) is 0 Å². The van der Waals surface area contributed by atoms with Crippen LogP contribution in [0.4, 0.5) is 0 Å². The van der Waals surface area contributed by atoms with Crippen LogP contribution in [0.25, 0.3) is 0 Å². The summed E-state index contributed by atoms with van der Waals surface area (Å²) in [6.45, 7) is 2.08. The third kappa shape index (κ3) is 1.84. The van der Waals surface area contributed by atoms with Crippen LogP contribution in [-0.4, -0.2) is 7.05 Å². The van der Waals surface area contributed by atoms with Gasteiger partial charge in [0.2, 0.25) is 0 Å². The molecule has 0 saturated carbocycles. The molecule has 0 heterocycles. The molecule has 0 amide bonds. The summed E-state index contributed by atoms with van der Waals surface area (Å²) in [5, 5.41) is 11.7. The van der Waals surface area contributed by atoms with Crippen molar-refractivity contribution in [1.29, 1.82) is 5.26 Å². The zero-order chi connectivity index (χ0) is 8.97. The summed E-state index contributed by atoms with van der Waals surface area (Å²) in [7, 11) is 1.92. The molecule has 0 spiro atoms. The molecule has 0 bridgehead atoms. The molecule has 62 valence electrons. The van der Waals surface area contributed by atoms with Crippen LogP contribution in [0.1, 0.15) is 24.1 Å². The third-order valence-corrected chi connectivity index (χ3v) is 1.97. The standard InChI is InChI=1S/C10H12N2/c1-8(12-2)10-5-3-9(7-11)4-6-10/h3-6,8,12H,1-2H3/t8-/m1/s1. The zero-order valence-electron chi connectivity index (χ0n) is 7.33. The largest absolute Gasteiger partial charge is 0.313 e. The monoisotopic (exact) mass is 160 g/mol. The number of nitriles is 1. The SMILES string of the molecule is CN[C@H](C)c1ccc(C#N)cc1. The zero-order valence-corrected chi connectivity index (χ0v) is 7.33. The van der Waals surface area contributed by atoms with E-state index in [-0.39, 0.29) is 0 Å². The molecule has 0 aliphatic carbocycles. The minimum atomic E-state index is 0.345. The Bertz CT molecular complexity index is 282. The van der Waals surface area contributed by atoms with Gasteiger partial charge in [-0.1, -0.05) is 12.1 Å². The Morgan fingerprint density at radius 3 is 2.33 bits per heavy atom. The van der Waals surface area contributed by atoms with Crippen molar-refractivity contribution in [3.63, 3.8) is 0 Å². The van der Waals surface area contributed by atoms with Gasteiger partial charge >= 0.3 is 0 Å². The molecule has 1 atom stereocenters. The van der Waals surface area contributed by atoms with E-state index in [1.54, 1.807) is 0 Å². The molecular formula is C10H12N2. The summed E-state index contributed by atoms with van der Waals surface area (Å²) in [6, 6.07) is 10.1. The average molecular weight is 160 g/mol. The molecule has 2 nitrogen and oxygen atoms in total. The van der Waals surface area contributed by atoms with Crippen molar-refractivity contribution in [3.8, 4) is 6.07 Å². The lowest BCUT2D eigenvalue weighted by Gasteiger charge is -2.09. The summed E-state index contributed by atoms with van der Waals surface area (Å²) < 4.78 is 0. The number of hydrogen-bond acceptors (Lipinski definition) is 2. The van der Waals surface area contributed by atoms with Gasteiger partial charge < -0.3 is 5.32 Å². The average Bonchev–Trinajstić information content (AvgIpc) is 2.17. The molecule has 0 aliphatic heterocycles. The van der Waals surface area contributed by atoms with Crippen LogP contribution in [0.5, 0.6) is 0 Å². The van der Waals surface area contributed by atoms with Gasteiger partial charge in [0, 0.05) is 6.04 Å². The van der Waals surface area contributed by atoms with Crippen LogP contribution in [-0.2, 0) is 0 Å². The quantitative estimate of drug-likeness (QED) is 0.716. The third-order valence-electron chi connectivity index (χ3n) is 1.97. The fourth-order valence-corrected chi connectivity index (χ4v) is 1.01. The lowest BCUT2D eigenvalue weighted by Crippen LogP contribution is -2.11. The maximum Gasteiger partial charge on any atom is 0.0991 e. The molecule has 0 fully saturated rings. The summed E-state index contributed by atoms with van der Waals surface area (Å²) in [4.78, 5) is 0. The van der Waals surface area contributed by atoms with Gasteiger partial charge in [-0.3, -0.25) is 0 Å². The van der Waals surface area contributed by atoms with Crippen molar-refractivity contribution < 1.29 is 0 Å². The molecule has 12 heavy (non-hydrogen) atoms. The van der Waals surface area contributed by atoms with Gasteiger partial charge in [0.1, 0.15) is 0 Å². The van der Waals surface area contributed by atoms with Gasteiger partial charge in [-0.2, -0.15) is 5.26 Å². The molecule has 0 radical (unpaired) electrons. The molecule has 0 unspecified atom stereocenters. The molecule has 1 aromatic rings. The second kappa shape index (κ2) is 3.89. The van der Waals surface area contributed by atoms with Crippen molar-refractivity contribution in [3.05, 3.63) is 35.4 Å². The first-order chi connectivity index (χ1) is 5.77. The predicted molar refractivity (Wildman–Crippen MR) is 48.6 cm³/mol. The van der Waals surface area contributed by atoms with E-state index in [1.165, 1.54) is 5.56 Å². The Morgan fingerprint density at radius 2 is 1.92 bits per heavy atom. The summed E-state index contributed by atoms with van der Waals surface area (Å²) >= 11 is 0. The minimum absolute atomic E-state index is 0.345. The Balaban J connectivity index is 2.86. The predicted octanol–water partition coefficient (Wildman–Crippen LogP) is 1.84. The Kier molecular flexibility index (Phi) is 2.84. The van der Waals surface area contributed by atoms with Crippen LogP contribution in [0, 0.1) is 11.3 Å². The van der Waals surface area contributed by atoms with Gasteiger partial charge in [0.15, 0.2) is 0 Å². The topological polar surface area (TPSA) is 35.8 Å². The Hall–Kier alpha value is -1.33. The van der Waals surface area contributed by atoms with Gasteiger partial charge in [-0.25, -0.2) is 0 Å². The smallest absolute Gasteiger partial charge is 0.0991 e. The highest BCUT2D eigenvalue weighted by Crippen LogP contribution is 2.11. The Labute approximate surface area is 72.8 Å². The first-order valence-electron chi connectivity index (χ1n) is 3.95. The summed E-state index contributed by atoms with van der Waals surface area (Å²) in [5.74, 6) is 0. The molecule has 0 aromatic heterocycles. The number of nitrogens with zero attached hydrogens (tertiary/aromatic N) is 1. The highest BCUT2D eigenvalue weighted by atomic mass is 14.8. The molecule has 0 aliphatic rings. The lowest BCUT2D eigenvalue weighted by molar-refractivity contribution is 0.652. The molecule has 2 heteroatoms. The maximum atomic E-state index is 8.56. The summed E-state index contributed by atoms with van der Waals surface area (Å²) in [6.07, 6.45) is 0. The number of hydrogen-bond donors (Lipinski definition) is 1. The van der Waals surface area contributed by atoms with E-state index < -0.39 is 0 Å². The fourth-order valence-electron chi connectivity index (χ4n) is 1.01.